The lowest BCUT2D eigenvalue weighted by Gasteiger charge is -2.21. The van der Waals surface area contributed by atoms with Gasteiger partial charge in [0.25, 0.3) is 0 Å². The quantitative estimate of drug-likeness (QED) is 0.334. The van der Waals surface area contributed by atoms with E-state index in [1.807, 2.05) is 0 Å². The average Bonchev–Trinajstić information content (AvgIpc) is 3.47. The number of hydrogen-bond acceptors (Lipinski definition) is 0. The van der Waals surface area contributed by atoms with Crippen molar-refractivity contribution in [2.75, 3.05) is 0 Å². The van der Waals surface area contributed by atoms with Crippen molar-refractivity contribution in [3.8, 4) is 0 Å². The maximum atomic E-state index is 4.10. The van der Waals surface area contributed by atoms with Crippen LogP contribution in [0, 0.1) is 40.9 Å². The number of rotatable bonds is 6. The lowest BCUT2D eigenvalue weighted by atomic mass is 9.84. The topological polar surface area (TPSA) is 0 Å². The summed E-state index contributed by atoms with van der Waals surface area (Å²) >= 11 is 0. The van der Waals surface area contributed by atoms with E-state index >= 15 is 0 Å². The van der Waals surface area contributed by atoms with E-state index in [1.165, 1.54) is 67.2 Å². The van der Waals surface area contributed by atoms with Crippen molar-refractivity contribution >= 4 is 0 Å². The minimum atomic E-state index is 0.733. The van der Waals surface area contributed by atoms with Crippen LogP contribution >= 0.6 is 0 Å². The molecular formula is C35H56. The van der Waals surface area contributed by atoms with Crippen LogP contribution < -0.4 is 0 Å². The zero-order chi connectivity index (χ0) is 26.2. The molecule has 4 aliphatic rings. The summed E-state index contributed by atoms with van der Waals surface area (Å²) in [4.78, 5) is 0. The Balaban J connectivity index is 0.000000191. The molecule has 0 aromatic heterocycles. The molecule has 0 heteroatoms. The van der Waals surface area contributed by atoms with Gasteiger partial charge >= 0.3 is 0 Å². The Hall–Kier alpha value is -1.56. The summed E-state index contributed by atoms with van der Waals surface area (Å²) in [6.45, 7) is 24.5. The van der Waals surface area contributed by atoms with E-state index in [4.69, 9.17) is 0 Å². The number of fused-ring (bicyclic) bond motifs is 1. The molecule has 5 atom stereocenters. The molecule has 0 radical (unpaired) electrons. The maximum absolute atomic E-state index is 4.10. The summed E-state index contributed by atoms with van der Waals surface area (Å²) in [6.07, 6.45) is 25.5. The highest BCUT2D eigenvalue weighted by atomic mass is 14.6. The molecule has 0 aromatic rings. The van der Waals surface area contributed by atoms with Crippen LogP contribution in [-0.2, 0) is 0 Å². The summed E-state index contributed by atoms with van der Waals surface area (Å²) in [6, 6.07) is 0. The molecule has 196 valence electrons. The molecule has 0 bridgehead atoms. The predicted octanol–water partition coefficient (Wildman–Crippen LogP) is 11.1. The largest absolute Gasteiger partial charge is 0.0996 e. The minimum absolute atomic E-state index is 0.733. The van der Waals surface area contributed by atoms with Gasteiger partial charge in [0, 0.05) is 0 Å². The van der Waals surface area contributed by atoms with Gasteiger partial charge in [0.1, 0.15) is 0 Å². The van der Waals surface area contributed by atoms with Crippen LogP contribution in [0.5, 0.6) is 0 Å². The molecule has 0 saturated heterocycles. The first-order valence-electron chi connectivity index (χ1n) is 14.5. The van der Waals surface area contributed by atoms with Gasteiger partial charge in [-0.3, -0.25) is 0 Å². The van der Waals surface area contributed by atoms with Crippen molar-refractivity contribution in [3.05, 3.63) is 71.4 Å². The smallest absolute Gasteiger partial charge is 0.0141 e. The van der Waals surface area contributed by atoms with Gasteiger partial charge in [-0.2, -0.15) is 0 Å². The Labute approximate surface area is 219 Å². The van der Waals surface area contributed by atoms with Crippen LogP contribution in [0.3, 0.4) is 0 Å². The van der Waals surface area contributed by atoms with E-state index in [1.54, 1.807) is 0 Å². The van der Waals surface area contributed by atoms with Crippen LogP contribution in [0.15, 0.2) is 71.4 Å². The summed E-state index contributed by atoms with van der Waals surface area (Å²) in [5.41, 5.74) is 6.54. The standard InChI is InChI=1S/C15H24.2C10H16/c1-12(2)6-5-7-14(4)15-10-8-13(3)9-11-15;1-7(2)10-5-4-8(3)9(10)6-10;1-8(2)10-6-4-9(3)5-7-10/h6,8-10,14-15H,5,7,11H2,1-4H3;7,9H,3-6H2,1-2H3;4-6,8,10H,7H2,1-3H3/t14-,15+;;/m0../s1. The molecule has 35 heavy (non-hydrogen) atoms. The molecular weight excluding hydrogens is 420 g/mol. The van der Waals surface area contributed by atoms with Crippen molar-refractivity contribution in [2.45, 2.75) is 107 Å². The second-order valence-electron chi connectivity index (χ2n) is 12.8. The fourth-order valence-electron chi connectivity index (χ4n) is 5.90. The first-order chi connectivity index (χ1) is 16.5. The van der Waals surface area contributed by atoms with Gasteiger partial charge in [0.15, 0.2) is 0 Å². The molecule has 2 saturated carbocycles. The van der Waals surface area contributed by atoms with Crippen molar-refractivity contribution < 1.29 is 0 Å². The van der Waals surface area contributed by atoms with Crippen LogP contribution in [0.1, 0.15) is 107 Å². The van der Waals surface area contributed by atoms with Crippen molar-refractivity contribution in [1.29, 1.82) is 0 Å². The minimum Gasteiger partial charge on any atom is -0.0996 e. The molecule has 0 N–H and O–H groups in total. The van der Waals surface area contributed by atoms with Crippen LogP contribution in [0.25, 0.3) is 0 Å². The number of hydrogen-bond donors (Lipinski definition) is 0. The van der Waals surface area contributed by atoms with Crippen molar-refractivity contribution in [3.63, 3.8) is 0 Å². The van der Waals surface area contributed by atoms with E-state index in [-0.39, 0.29) is 0 Å². The third-order valence-electron chi connectivity index (χ3n) is 9.07. The second-order valence-corrected chi connectivity index (χ2v) is 12.8. The highest BCUT2D eigenvalue weighted by Crippen LogP contribution is 2.69. The molecule has 4 aliphatic carbocycles. The summed E-state index contributed by atoms with van der Waals surface area (Å²) in [5, 5.41) is 0. The summed E-state index contributed by atoms with van der Waals surface area (Å²) in [7, 11) is 0. The van der Waals surface area contributed by atoms with Gasteiger partial charge in [0.05, 0.1) is 0 Å². The van der Waals surface area contributed by atoms with Crippen LogP contribution in [-0.4, -0.2) is 0 Å². The van der Waals surface area contributed by atoms with E-state index in [0.29, 0.717) is 0 Å². The molecule has 0 nitrogen and oxygen atoms in total. The Kier molecular flexibility index (Phi) is 11.6. The first kappa shape index (κ1) is 29.7. The Morgan fingerprint density at radius 1 is 0.971 bits per heavy atom. The lowest BCUT2D eigenvalue weighted by molar-refractivity contribution is 0.344. The Morgan fingerprint density at radius 2 is 1.54 bits per heavy atom. The van der Waals surface area contributed by atoms with Crippen LogP contribution in [0.4, 0.5) is 0 Å². The zero-order valence-electron chi connectivity index (χ0n) is 24.7. The van der Waals surface area contributed by atoms with E-state index in [9.17, 15) is 0 Å². The fraction of sp³-hybridized carbons (Fsp3) is 0.657. The number of allylic oxidation sites excluding steroid dienone is 11. The lowest BCUT2D eigenvalue weighted by Crippen LogP contribution is -2.10. The van der Waals surface area contributed by atoms with Crippen molar-refractivity contribution in [1.82, 2.24) is 0 Å². The van der Waals surface area contributed by atoms with E-state index in [0.717, 1.165) is 40.9 Å². The molecule has 4 rings (SSSR count). The maximum Gasteiger partial charge on any atom is -0.0141 e. The third kappa shape index (κ3) is 9.11. The van der Waals surface area contributed by atoms with Crippen LogP contribution in [0.2, 0.25) is 0 Å². The van der Waals surface area contributed by atoms with Gasteiger partial charge in [0.2, 0.25) is 0 Å². The summed E-state index contributed by atoms with van der Waals surface area (Å²) in [5.74, 6) is 4.95. The Bertz CT molecular complexity index is 835. The van der Waals surface area contributed by atoms with Crippen molar-refractivity contribution in [2.24, 2.45) is 40.9 Å². The van der Waals surface area contributed by atoms with Gasteiger partial charge in [-0.1, -0.05) is 106 Å². The van der Waals surface area contributed by atoms with E-state index in [2.05, 4.69) is 111 Å². The monoisotopic (exact) mass is 476 g/mol. The predicted molar refractivity (Wildman–Crippen MR) is 158 cm³/mol. The molecule has 0 aliphatic heterocycles. The Morgan fingerprint density at radius 3 is 1.89 bits per heavy atom. The van der Waals surface area contributed by atoms with Gasteiger partial charge in [-0.05, 0) is 114 Å². The third-order valence-corrected chi connectivity index (χ3v) is 9.07. The molecule has 0 spiro atoms. The SMILES string of the molecule is C=C1CCC2(C(C)C)CC12.CC(C)=CCC[C@H](C)[C@@H]1C=CC(C)=CC1.CC1=CCC(C(C)C)C=C1. The molecule has 0 amide bonds. The molecule has 0 aromatic carbocycles. The van der Waals surface area contributed by atoms with Gasteiger partial charge in [-0.15, -0.1) is 0 Å². The average molecular weight is 477 g/mol. The second kappa shape index (κ2) is 13.7. The van der Waals surface area contributed by atoms with Gasteiger partial charge in [-0.25, -0.2) is 0 Å². The molecule has 3 unspecified atom stereocenters. The normalized spacial score (nSPS) is 29.3. The highest BCUT2D eigenvalue weighted by molar-refractivity contribution is 5.26. The zero-order valence-corrected chi connectivity index (χ0v) is 24.7. The highest BCUT2D eigenvalue weighted by Gasteiger charge is 2.59. The first-order valence-corrected chi connectivity index (χ1v) is 14.5. The molecule has 0 heterocycles. The van der Waals surface area contributed by atoms with Gasteiger partial charge < -0.3 is 0 Å². The fourth-order valence-corrected chi connectivity index (χ4v) is 5.90. The summed E-state index contributed by atoms with van der Waals surface area (Å²) < 4.78 is 0. The molecule has 2 fully saturated rings. The van der Waals surface area contributed by atoms with E-state index < -0.39 is 0 Å².